The maximum atomic E-state index is 2.21. The second kappa shape index (κ2) is 5.06. The third-order valence-corrected chi connectivity index (χ3v) is 3.98. The predicted octanol–water partition coefficient (Wildman–Crippen LogP) is 5.60. The van der Waals surface area contributed by atoms with E-state index in [4.69, 9.17) is 0 Å². The van der Waals surface area contributed by atoms with Gasteiger partial charge in [0.2, 0.25) is 0 Å². The molecular weight excluding hydrogens is 252 g/mol. The molecule has 3 aromatic rings. The van der Waals surface area contributed by atoms with E-state index in [1.54, 1.807) is 0 Å². The molecular formula is C21H15. The first-order chi connectivity index (χ1) is 10.4. The molecule has 0 nitrogen and oxygen atoms in total. The van der Waals surface area contributed by atoms with Gasteiger partial charge in [-0.15, -0.1) is 0 Å². The molecule has 0 heterocycles. The van der Waals surface area contributed by atoms with Gasteiger partial charge in [0.25, 0.3) is 0 Å². The molecule has 0 saturated heterocycles. The lowest BCUT2D eigenvalue weighted by atomic mass is 9.95. The minimum atomic E-state index is 1.26. The van der Waals surface area contributed by atoms with Gasteiger partial charge in [-0.1, -0.05) is 84.9 Å². The fraction of sp³-hybridized carbons (Fsp3) is 0. The summed E-state index contributed by atoms with van der Waals surface area (Å²) in [6.07, 6.45) is 6.47. The summed E-state index contributed by atoms with van der Waals surface area (Å²) < 4.78 is 0. The third-order valence-electron chi connectivity index (χ3n) is 3.98. The van der Waals surface area contributed by atoms with E-state index in [1.165, 1.54) is 33.4 Å². The van der Waals surface area contributed by atoms with Crippen LogP contribution >= 0.6 is 0 Å². The fourth-order valence-corrected chi connectivity index (χ4v) is 2.89. The van der Waals surface area contributed by atoms with Gasteiger partial charge in [-0.05, 0) is 33.4 Å². The second-order valence-electron chi connectivity index (χ2n) is 5.28. The van der Waals surface area contributed by atoms with E-state index in [1.807, 2.05) is 6.07 Å². The number of allylic oxidation sites excluding steroid dienone is 1. The van der Waals surface area contributed by atoms with Gasteiger partial charge in [-0.25, -0.2) is 0 Å². The Hall–Kier alpha value is -2.60. The molecule has 0 spiro atoms. The maximum absolute atomic E-state index is 2.21. The van der Waals surface area contributed by atoms with Crippen molar-refractivity contribution in [2.75, 3.05) is 0 Å². The molecule has 0 bridgehead atoms. The Morgan fingerprint density at radius 3 is 2.05 bits per heavy atom. The standard InChI is InChI=1S/C21H15/c1-2-6-16(7-3-1)17-12-14-19(15-13-17)21-11-5-9-18-8-4-10-20(18)21/h1-15H. The molecule has 1 radical (unpaired) electrons. The van der Waals surface area contributed by atoms with Gasteiger partial charge < -0.3 is 0 Å². The largest absolute Gasteiger partial charge is 0.0754 e. The molecule has 0 amide bonds. The summed E-state index contributed by atoms with van der Waals surface area (Å²) in [5.41, 5.74) is 7.72. The van der Waals surface area contributed by atoms with E-state index in [0.29, 0.717) is 0 Å². The van der Waals surface area contributed by atoms with Crippen molar-refractivity contribution in [1.29, 1.82) is 0 Å². The van der Waals surface area contributed by atoms with Gasteiger partial charge >= 0.3 is 0 Å². The van der Waals surface area contributed by atoms with Gasteiger partial charge in [-0.2, -0.15) is 0 Å². The molecule has 0 saturated carbocycles. The number of rotatable bonds is 2. The van der Waals surface area contributed by atoms with Gasteiger partial charge in [-0.3, -0.25) is 0 Å². The van der Waals surface area contributed by atoms with Crippen molar-refractivity contribution in [3.05, 3.63) is 96.4 Å². The molecule has 99 valence electrons. The minimum absolute atomic E-state index is 1.26. The van der Waals surface area contributed by atoms with Crippen LogP contribution in [-0.4, -0.2) is 0 Å². The van der Waals surface area contributed by atoms with Gasteiger partial charge in [0, 0.05) is 6.42 Å². The van der Waals surface area contributed by atoms with Crippen LogP contribution in [0.1, 0.15) is 11.1 Å². The van der Waals surface area contributed by atoms with Crippen LogP contribution in [0, 0.1) is 6.42 Å². The van der Waals surface area contributed by atoms with Crippen molar-refractivity contribution >= 4 is 6.08 Å². The topological polar surface area (TPSA) is 0 Å². The highest BCUT2D eigenvalue weighted by molar-refractivity contribution is 5.82. The summed E-state index contributed by atoms with van der Waals surface area (Å²) in [6.45, 7) is 0. The van der Waals surface area contributed by atoms with Crippen molar-refractivity contribution < 1.29 is 0 Å². The van der Waals surface area contributed by atoms with Crippen LogP contribution in [0.5, 0.6) is 0 Å². The highest BCUT2D eigenvalue weighted by atomic mass is 14.1. The number of hydrogen-bond acceptors (Lipinski definition) is 0. The van der Waals surface area contributed by atoms with Gasteiger partial charge in [0.15, 0.2) is 0 Å². The van der Waals surface area contributed by atoms with E-state index in [2.05, 4.69) is 85.3 Å². The van der Waals surface area contributed by atoms with Crippen LogP contribution in [0.4, 0.5) is 0 Å². The minimum Gasteiger partial charge on any atom is -0.0754 e. The zero-order chi connectivity index (χ0) is 14.1. The number of fused-ring (bicyclic) bond motifs is 1. The molecule has 1 aliphatic rings. The van der Waals surface area contributed by atoms with Crippen LogP contribution in [0.2, 0.25) is 0 Å². The fourth-order valence-electron chi connectivity index (χ4n) is 2.89. The Balaban J connectivity index is 1.75. The second-order valence-corrected chi connectivity index (χ2v) is 5.28. The van der Waals surface area contributed by atoms with E-state index >= 15 is 0 Å². The zero-order valence-electron chi connectivity index (χ0n) is 11.7. The van der Waals surface area contributed by atoms with Crippen LogP contribution in [0.3, 0.4) is 0 Å². The molecule has 0 N–H and O–H groups in total. The molecule has 0 fully saturated rings. The molecule has 0 aliphatic heterocycles. The molecule has 3 aromatic carbocycles. The first-order valence-electron chi connectivity index (χ1n) is 7.22. The SMILES string of the molecule is [CH]1C=Cc2c1cccc2-c1ccc(-c2ccccc2)cc1. The number of hydrogen-bond donors (Lipinski definition) is 0. The van der Waals surface area contributed by atoms with Crippen molar-refractivity contribution in [1.82, 2.24) is 0 Å². The van der Waals surface area contributed by atoms with Crippen molar-refractivity contribution in [2.24, 2.45) is 0 Å². The monoisotopic (exact) mass is 267 g/mol. The van der Waals surface area contributed by atoms with E-state index in [-0.39, 0.29) is 0 Å². The lowest BCUT2D eigenvalue weighted by molar-refractivity contribution is 1.52. The summed E-state index contributed by atoms with van der Waals surface area (Å²) in [7, 11) is 0. The highest BCUT2D eigenvalue weighted by Gasteiger charge is 2.11. The molecule has 1 aliphatic carbocycles. The average molecular weight is 267 g/mol. The van der Waals surface area contributed by atoms with E-state index in [0.717, 1.165) is 0 Å². The number of benzene rings is 3. The third kappa shape index (κ3) is 2.19. The quantitative estimate of drug-likeness (QED) is 0.567. The van der Waals surface area contributed by atoms with Crippen LogP contribution < -0.4 is 0 Å². The van der Waals surface area contributed by atoms with Crippen molar-refractivity contribution in [3.8, 4) is 22.3 Å². The summed E-state index contributed by atoms with van der Waals surface area (Å²) in [5, 5.41) is 0. The smallest absolute Gasteiger partial charge is 0.0131 e. The highest BCUT2D eigenvalue weighted by Crippen LogP contribution is 2.33. The first kappa shape index (κ1) is 12.2. The molecule has 0 heteroatoms. The van der Waals surface area contributed by atoms with E-state index in [9.17, 15) is 0 Å². The van der Waals surface area contributed by atoms with Gasteiger partial charge in [0.05, 0.1) is 0 Å². The Morgan fingerprint density at radius 1 is 0.524 bits per heavy atom. The lowest BCUT2D eigenvalue weighted by Crippen LogP contribution is -1.86. The summed E-state index contributed by atoms with van der Waals surface area (Å²) in [6, 6.07) is 25.8. The van der Waals surface area contributed by atoms with E-state index < -0.39 is 0 Å². The normalized spacial score (nSPS) is 12.4. The molecule has 0 atom stereocenters. The summed E-state index contributed by atoms with van der Waals surface area (Å²) >= 11 is 0. The van der Waals surface area contributed by atoms with Crippen LogP contribution in [-0.2, 0) is 0 Å². The predicted molar refractivity (Wildman–Crippen MR) is 89.8 cm³/mol. The van der Waals surface area contributed by atoms with Crippen LogP contribution in [0.15, 0.2) is 78.9 Å². The average Bonchev–Trinajstić information content (AvgIpc) is 3.04. The molecule has 0 unspecified atom stereocenters. The first-order valence-corrected chi connectivity index (χ1v) is 7.22. The van der Waals surface area contributed by atoms with Crippen molar-refractivity contribution in [2.45, 2.75) is 0 Å². The summed E-state index contributed by atoms with van der Waals surface area (Å²) in [5.74, 6) is 0. The van der Waals surface area contributed by atoms with Crippen molar-refractivity contribution in [3.63, 3.8) is 0 Å². The lowest BCUT2D eigenvalue weighted by Gasteiger charge is -2.09. The molecule has 4 rings (SSSR count). The molecule has 0 aromatic heterocycles. The Bertz CT molecular complexity index is 793. The molecule has 21 heavy (non-hydrogen) atoms. The van der Waals surface area contributed by atoms with Gasteiger partial charge in [0.1, 0.15) is 0 Å². The Labute approximate surface area is 125 Å². The Morgan fingerprint density at radius 2 is 1.24 bits per heavy atom. The maximum Gasteiger partial charge on any atom is 0.0131 e. The van der Waals surface area contributed by atoms with Crippen LogP contribution in [0.25, 0.3) is 28.3 Å². The zero-order valence-corrected chi connectivity index (χ0v) is 11.7. The Kier molecular flexibility index (Phi) is 2.93. The summed E-state index contributed by atoms with van der Waals surface area (Å²) in [4.78, 5) is 0.